The SMILES string of the molecule is CN1CCCN(C(=O)NCC2(C(=O)O)CC2)CC1=O. The molecular formula is C12H19N3O4. The highest BCUT2D eigenvalue weighted by Gasteiger charge is 2.50. The van der Waals surface area contributed by atoms with E-state index in [-0.39, 0.29) is 25.0 Å². The summed E-state index contributed by atoms with van der Waals surface area (Å²) in [5.74, 6) is -0.952. The third-order valence-corrected chi connectivity index (χ3v) is 3.85. The monoisotopic (exact) mass is 269 g/mol. The fraction of sp³-hybridized carbons (Fsp3) is 0.750. The van der Waals surface area contributed by atoms with Gasteiger partial charge in [0.05, 0.1) is 5.41 Å². The number of urea groups is 1. The number of rotatable bonds is 3. The molecule has 1 aliphatic carbocycles. The van der Waals surface area contributed by atoms with Crippen LogP contribution < -0.4 is 5.32 Å². The molecule has 1 saturated carbocycles. The molecule has 1 heterocycles. The molecule has 1 aliphatic heterocycles. The van der Waals surface area contributed by atoms with Crippen LogP contribution in [0, 0.1) is 5.41 Å². The number of aliphatic carboxylic acids is 1. The summed E-state index contributed by atoms with van der Waals surface area (Å²) >= 11 is 0. The average Bonchev–Trinajstić information content (AvgIpc) is 3.15. The average molecular weight is 269 g/mol. The number of carbonyl (C=O) groups is 3. The molecule has 0 atom stereocenters. The fourth-order valence-corrected chi connectivity index (χ4v) is 2.13. The van der Waals surface area contributed by atoms with Gasteiger partial charge < -0.3 is 20.2 Å². The summed E-state index contributed by atoms with van der Waals surface area (Å²) in [5, 5.41) is 11.7. The lowest BCUT2D eigenvalue weighted by atomic mass is 10.1. The first-order valence-electron chi connectivity index (χ1n) is 6.45. The Labute approximate surface area is 111 Å². The minimum absolute atomic E-state index is 0.0579. The van der Waals surface area contributed by atoms with E-state index in [1.165, 1.54) is 4.90 Å². The van der Waals surface area contributed by atoms with Gasteiger partial charge in [0, 0.05) is 26.7 Å². The second-order valence-corrected chi connectivity index (χ2v) is 5.33. The molecule has 0 aromatic carbocycles. The van der Waals surface area contributed by atoms with Gasteiger partial charge in [0.1, 0.15) is 6.54 Å². The van der Waals surface area contributed by atoms with Gasteiger partial charge in [-0.05, 0) is 19.3 Å². The maximum Gasteiger partial charge on any atom is 0.317 e. The van der Waals surface area contributed by atoms with Crippen LogP contribution in [0.4, 0.5) is 4.79 Å². The third kappa shape index (κ3) is 2.97. The van der Waals surface area contributed by atoms with Gasteiger partial charge in [0.2, 0.25) is 5.91 Å². The number of carboxylic acid groups (broad SMARTS) is 1. The van der Waals surface area contributed by atoms with Crippen molar-refractivity contribution in [1.29, 1.82) is 0 Å². The summed E-state index contributed by atoms with van der Waals surface area (Å²) in [4.78, 5) is 37.7. The van der Waals surface area contributed by atoms with Crippen LogP contribution in [-0.4, -0.2) is 66.0 Å². The molecule has 0 unspecified atom stereocenters. The molecule has 2 rings (SSSR count). The first-order valence-corrected chi connectivity index (χ1v) is 6.45. The van der Waals surface area contributed by atoms with Gasteiger partial charge in [0.15, 0.2) is 0 Å². The predicted octanol–water partition coefficient (Wildman–Crippen LogP) is -0.275. The zero-order valence-corrected chi connectivity index (χ0v) is 11.0. The Morgan fingerprint density at radius 1 is 1.37 bits per heavy atom. The Balaban J connectivity index is 1.86. The third-order valence-electron chi connectivity index (χ3n) is 3.85. The summed E-state index contributed by atoms with van der Waals surface area (Å²) in [5.41, 5.74) is -0.775. The lowest BCUT2D eigenvalue weighted by Crippen LogP contribution is -2.46. The summed E-state index contributed by atoms with van der Waals surface area (Å²) in [6.07, 6.45) is 1.94. The van der Waals surface area contributed by atoms with E-state index in [4.69, 9.17) is 5.11 Å². The van der Waals surface area contributed by atoms with Crippen LogP contribution in [0.25, 0.3) is 0 Å². The second kappa shape index (κ2) is 5.07. The van der Waals surface area contributed by atoms with Crippen molar-refractivity contribution in [3.05, 3.63) is 0 Å². The Hall–Kier alpha value is -1.79. The van der Waals surface area contributed by atoms with Crippen LogP contribution in [-0.2, 0) is 9.59 Å². The summed E-state index contributed by atoms with van der Waals surface area (Å²) in [6.45, 7) is 1.35. The molecule has 7 heteroatoms. The molecule has 3 amide bonds. The Kier molecular flexibility index (Phi) is 3.64. The van der Waals surface area contributed by atoms with E-state index in [2.05, 4.69) is 5.32 Å². The van der Waals surface area contributed by atoms with Crippen molar-refractivity contribution in [3.8, 4) is 0 Å². The Morgan fingerprint density at radius 2 is 2.05 bits per heavy atom. The molecule has 19 heavy (non-hydrogen) atoms. The van der Waals surface area contributed by atoms with Crippen molar-refractivity contribution in [2.45, 2.75) is 19.3 Å². The number of hydrogen-bond acceptors (Lipinski definition) is 3. The molecule has 2 fully saturated rings. The summed E-state index contributed by atoms with van der Waals surface area (Å²) in [7, 11) is 1.72. The number of likely N-dealkylation sites (N-methyl/N-ethyl adjacent to an activating group) is 1. The van der Waals surface area contributed by atoms with E-state index in [9.17, 15) is 14.4 Å². The molecule has 0 radical (unpaired) electrons. The molecule has 1 saturated heterocycles. The second-order valence-electron chi connectivity index (χ2n) is 5.33. The van der Waals surface area contributed by atoms with E-state index in [1.54, 1.807) is 11.9 Å². The zero-order chi connectivity index (χ0) is 14.0. The maximum absolute atomic E-state index is 12.0. The van der Waals surface area contributed by atoms with Crippen molar-refractivity contribution >= 4 is 17.9 Å². The van der Waals surface area contributed by atoms with Crippen LogP contribution in [0.5, 0.6) is 0 Å². The molecule has 2 N–H and O–H groups in total. The van der Waals surface area contributed by atoms with E-state index in [0.717, 1.165) is 6.42 Å². The van der Waals surface area contributed by atoms with Gasteiger partial charge in [0.25, 0.3) is 0 Å². The summed E-state index contributed by atoms with van der Waals surface area (Å²) in [6, 6.07) is -0.351. The topological polar surface area (TPSA) is 89.9 Å². The normalized spacial score (nSPS) is 21.8. The number of nitrogens with one attached hydrogen (secondary N) is 1. The van der Waals surface area contributed by atoms with Gasteiger partial charge in [-0.3, -0.25) is 9.59 Å². The molecule has 0 aromatic heterocycles. The molecule has 0 aromatic rings. The van der Waals surface area contributed by atoms with Crippen molar-refractivity contribution in [1.82, 2.24) is 15.1 Å². The number of nitrogens with zero attached hydrogens (tertiary/aromatic N) is 2. The predicted molar refractivity (Wildman–Crippen MR) is 66.5 cm³/mol. The number of amides is 3. The van der Waals surface area contributed by atoms with Crippen molar-refractivity contribution in [2.75, 3.05) is 33.2 Å². The standard InChI is InChI=1S/C12H19N3O4/c1-14-5-2-6-15(7-9(14)16)11(19)13-8-12(3-4-12)10(17)18/h2-8H2,1H3,(H,13,19)(H,17,18). The highest BCUT2D eigenvalue weighted by Crippen LogP contribution is 2.45. The van der Waals surface area contributed by atoms with Crippen LogP contribution >= 0.6 is 0 Å². The van der Waals surface area contributed by atoms with Crippen molar-refractivity contribution < 1.29 is 19.5 Å². The highest BCUT2D eigenvalue weighted by molar-refractivity contribution is 5.85. The first-order chi connectivity index (χ1) is 8.94. The molecule has 0 spiro atoms. The number of carboxylic acids is 1. The van der Waals surface area contributed by atoms with E-state index >= 15 is 0 Å². The van der Waals surface area contributed by atoms with Crippen molar-refractivity contribution in [2.24, 2.45) is 5.41 Å². The molecule has 0 bridgehead atoms. The van der Waals surface area contributed by atoms with Gasteiger partial charge in [-0.2, -0.15) is 0 Å². The van der Waals surface area contributed by atoms with Crippen LogP contribution in [0.3, 0.4) is 0 Å². The minimum Gasteiger partial charge on any atom is -0.481 e. The lowest BCUT2D eigenvalue weighted by molar-refractivity contribution is -0.143. The van der Waals surface area contributed by atoms with E-state index in [0.29, 0.717) is 25.9 Å². The summed E-state index contributed by atoms with van der Waals surface area (Å²) < 4.78 is 0. The highest BCUT2D eigenvalue weighted by atomic mass is 16.4. The van der Waals surface area contributed by atoms with Crippen LogP contribution in [0.1, 0.15) is 19.3 Å². The van der Waals surface area contributed by atoms with E-state index < -0.39 is 11.4 Å². The molecule has 2 aliphatic rings. The lowest BCUT2D eigenvalue weighted by Gasteiger charge is -2.21. The number of hydrogen-bond donors (Lipinski definition) is 2. The van der Waals surface area contributed by atoms with Gasteiger partial charge in [-0.25, -0.2) is 4.79 Å². The largest absolute Gasteiger partial charge is 0.481 e. The smallest absolute Gasteiger partial charge is 0.317 e. The van der Waals surface area contributed by atoms with Crippen LogP contribution in [0.2, 0.25) is 0 Å². The molecule has 7 nitrogen and oxygen atoms in total. The van der Waals surface area contributed by atoms with Crippen molar-refractivity contribution in [3.63, 3.8) is 0 Å². The van der Waals surface area contributed by atoms with Gasteiger partial charge in [-0.1, -0.05) is 0 Å². The first kappa shape index (κ1) is 13.6. The quantitative estimate of drug-likeness (QED) is 0.737. The Morgan fingerprint density at radius 3 is 2.63 bits per heavy atom. The zero-order valence-electron chi connectivity index (χ0n) is 11.0. The van der Waals surface area contributed by atoms with E-state index in [1.807, 2.05) is 0 Å². The molecule has 106 valence electrons. The fourth-order valence-electron chi connectivity index (χ4n) is 2.13. The Bertz CT molecular complexity index is 406. The maximum atomic E-state index is 12.0. The van der Waals surface area contributed by atoms with Gasteiger partial charge >= 0.3 is 12.0 Å². The number of carbonyl (C=O) groups excluding carboxylic acids is 2. The van der Waals surface area contributed by atoms with Crippen LogP contribution in [0.15, 0.2) is 0 Å². The minimum atomic E-state index is -0.862. The molecular weight excluding hydrogens is 250 g/mol. The van der Waals surface area contributed by atoms with Gasteiger partial charge in [-0.15, -0.1) is 0 Å².